The number of esters is 1. The molecular formula is C24H23FN2O5S. The Morgan fingerprint density at radius 2 is 1.82 bits per heavy atom. The highest BCUT2D eigenvalue weighted by atomic mass is 32.2. The Kier molecular flexibility index (Phi) is 6.33. The minimum Gasteiger partial charge on any atom is -0.453 e. The van der Waals surface area contributed by atoms with E-state index >= 15 is 0 Å². The van der Waals surface area contributed by atoms with Crippen molar-refractivity contribution in [2.24, 2.45) is 5.10 Å². The third-order valence-corrected chi connectivity index (χ3v) is 6.70. The molecule has 1 aromatic heterocycles. The van der Waals surface area contributed by atoms with Crippen LogP contribution in [0.4, 0.5) is 4.39 Å². The average Bonchev–Trinajstić information content (AvgIpc) is 3.16. The molecule has 1 aliphatic rings. The topological polar surface area (TPSA) is 98.0 Å². The van der Waals surface area contributed by atoms with E-state index in [-0.39, 0.29) is 10.7 Å². The average molecular weight is 471 g/mol. The molecule has 1 aliphatic carbocycles. The summed E-state index contributed by atoms with van der Waals surface area (Å²) in [6.07, 6.45) is 2.67. The van der Waals surface area contributed by atoms with Gasteiger partial charge in [0.1, 0.15) is 17.3 Å². The molecule has 0 saturated carbocycles. The maximum atomic E-state index is 13.1. The van der Waals surface area contributed by atoms with Crippen molar-refractivity contribution in [2.75, 3.05) is 0 Å². The SMILES string of the molecule is CCc1ccc(OC(=O)c2oc3c(c2C)/C(=N/NS(=O)(=O)c2ccc(F)cc2)CCC3)cc1. The van der Waals surface area contributed by atoms with Crippen LogP contribution in [0.5, 0.6) is 5.75 Å². The van der Waals surface area contributed by atoms with Gasteiger partial charge in [-0.25, -0.2) is 9.18 Å². The summed E-state index contributed by atoms with van der Waals surface area (Å²) in [7, 11) is -3.97. The lowest BCUT2D eigenvalue weighted by Gasteiger charge is -2.14. The Balaban J connectivity index is 1.57. The summed E-state index contributed by atoms with van der Waals surface area (Å²) < 4.78 is 49.4. The van der Waals surface area contributed by atoms with E-state index in [1.165, 1.54) is 0 Å². The van der Waals surface area contributed by atoms with E-state index in [1.54, 1.807) is 19.1 Å². The largest absolute Gasteiger partial charge is 0.453 e. The van der Waals surface area contributed by atoms with Gasteiger partial charge < -0.3 is 9.15 Å². The molecule has 1 heterocycles. The number of aryl methyl sites for hydroxylation is 2. The Morgan fingerprint density at radius 3 is 2.48 bits per heavy atom. The van der Waals surface area contributed by atoms with Crippen LogP contribution in [0.15, 0.2) is 62.9 Å². The normalized spacial score (nSPS) is 14.7. The Hall–Kier alpha value is -3.46. The number of nitrogens with one attached hydrogen (secondary N) is 1. The molecule has 0 fully saturated rings. The highest BCUT2D eigenvalue weighted by molar-refractivity contribution is 7.89. The maximum absolute atomic E-state index is 13.1. The summed E-state index contributed by atoms with van der Waals surface area (Å²) in [5.74, 6) is -0.126. The van der Waals surface area contributed by atoms with E-state index < -0.39 is 21.8 Å². The molecule has 4 rings (SSSR count). The fourth-order valence-electron chi connectivity index (χ4n) is 3.70. The number of rotatable bonds is 6. The van der Waals surface area contributed by atoms with Crippen LogP contribution in [-0.4, -0.2) is 20.1 Å². The Morgan fingerprint density at radius 1 is 1.12 bits per heavy atom. The Labute approximate surface area is 191 Å². The summed E-state index contributed by atoms with van der Waals surface area (Å²) >= 11 is 0. The van der Waals surface area contributed by atoms with Crippen molar-refractivity contribution in [1.29, 1.82) is 0 Å². The molecule has 0 aliphatic heterocycles. The van der Waals surface area contributed by atoms with Crippen LogP contribution < -0.4 is 9.57 Å². The van der Waals surface area contributed by atoms with E-state index in [4.69, 9.17) is 9.15 Å². The predicted octanol–water partition coefficient (Wildman–Crippen LogP) is 4.53. The monoisotopic (exact) mass is 470 g/mol. The number of nitrogens with zero attached hydrogens (tertiary/aromatic N) is 1. The number of halogens is 1. The van der Waals surface area contributed by atoms with Gasteiger partial charge in [-0.05, 0) is 68.1 Å². The van der Waals surface area contributed by atoms with Gasteiger partial charge in [-0.3, -0.25) is 0 Å². The molecule has 3 aromatic rings. The van der Waals surface area contributed by atoms with Crippen LogP contribution in [0.3, 0.4) is 0 Å². The van der Waals surface area contributed by atoms with Gasteiger partial charge in [-0.1, -0.05) is 19.1 Å². The molecule has 1 N–H and O–H groups in total. The molecule has 7 nitrogen and oxygen atoms in total. The van der Waals surface area contributed by atoms with E-state index in [1.807, 2.05) is 19.1 Å². The second-order valence-corrected chi connectivity index (χ2v) is 9.36. The van der Waals surface area contributed by atoms with E-state index in [2.05, 4.69) is 9.93 Å². The van der Waals surface area contributed by atoms with Crippen molar-refractivity contribution in [3.05, 3.63) is 82.6 Å². The summed E-state index contributed by atoms with van der Waals surface area (Å²) in [6.45, 7) is 3.76. The fourth-order valence-corrected chi connectivity index (χ4v) is 4.53. The van der Waals surface area contributed by atoms with Gasteiger partial charge in [0.25, 0.3) is 10.0 Å². The van der Waals surface area contributed by atoms with Crippen LogP contribution >= 0.6 is 0 Å². The quantitative estimate of drug-likeness (QED) is 0.324. The summed E-state index contributed by atoms with van der Waals surface area (Å²) in [6, 6.07) is 11.7. The molecule has 0 bridgehead atoms. The zero-order chi connectivity index (χ0) is 23.6. The van der Waals surface area contributed by atoms with Crippen LogP contribution in [-0.2, 0) is 22.9 Å². The van der Waals surface area contributed by atoms with Crippen LogP contribution in [0.25, 0.3) is 0 Å². The first-order valence-electron chi connectivity index (χ1n) is 10.6. The highest BCUT2D eigenvalue weighted by Crippen LogP contribution is 2.30. The van der Waals surface area contributed by atoms with Gasteiger partial charge in [-0.15, -0.1) is 0 Å². The first-order chi connectivity index (χ1) is 15.8. The number of sulfonamides is 1. The molecular weight excluding hydrogens is 447 g/mol. The zero-order valence-corrected chi connectivity index (χ0v) is 19.0. The molecule has 9 heteroatoms. The number of hydrazone groups is 1. The first-order valence-corrected chi connectivity index (χ1v) is 12.0. The number of hydrogen-bond acceptors (Lipinski definition) is 6. The molecule has 172 valence electrons. The molecule has 0 saturated heterocycles. The smallest absolute Gasteiger partial charge is 0.379 e. The minimum absolute atomic E-state index is 0.0653. The van der Waals surface area contributed by atoms with Crippen LogP contribution in [0, 0.1) is 12.7 Å². The van der Waals surface area contributed by atoms with E-state index in [9.17, 15) is 17.6 Å². The van der Waals surface area contributed by atoms with Crippen molar-refractivity contribution in [3.63, 3.8) is 0 Å². The number of fused-ring (bicyclic) bond motifs is 1. The van der Waals surface area contributed by atoms with Crippen LogP contribution in [0.1, 0.15) is 52.8 Å². The molecule has 0 unspecified atom stereocenters. The zero-order valence-electron chi connectivity index (χ0n) is 18.2. The minimum atomic E-state index is -3.97. The van der Waals surface area contributed by atoms with Crippen molar-refractivity contribution in [3.8, 4) is 5.75 Å². The molecule has 2 aromatic carbocycles. The maximum Gasteiger partial charge on any atom is 0.379 e. The lowest BCUT2D eigenvalue weighted by molar-refractivity contribution is 0.0698. The van der Waals surface area contributed by atoms with Gasteiger partial charge in [0.15, 0.2) is 0 Å². The lowest BCUT2D eigenvalue weighted by Crippen LogP contribution is -2.22. The second-order valence-electron chi connectivity index (χ2n) is 7.70. The lowest BCUT2D eigenvalue weighted by atomic mass is 9.93. The predicted molar refractivity (Wildman–Crippen MR) is 120 cm³/mol. The van der Waals surface area contributed by atoms with Crippen LogP contribution in [0.2, 0.25) is 0 Å². The molecule has 0 radical (unpaired) electrons. The third-order valence-electron chi connectivity index (χ3n) is 5.48. The van der Waals surface area contributed by atoms with Crippen molar-refractivity contribution >= 4 is 21.7 Å². The summed E-state index contributed by atoms with van der Waals surface area (Å²) in [4.78, 5) is 14.8. The van der Waals surface area contributed by atoms with E-state index in [0.717, 1.165) is 36.2 Å². The molecule has 0 amide bonds. The highest BCUT2D eigenvalue weighted by Gasteiger charge is 2.29. The van der Waals surface area contributed by atoms with Gasteiger partial charge in [0.05, 0.1) is 10.6 Å². The number of carbonyl (C=O) groups is 1. The number of carbonyl (C=O) groups excluding carboxylic acids is 1. The first kappa shape index (κ1) is 22.7. The molecule has 0 atom stereocenters. The second kappa shape index (κ2) is 9.19. The molecule has 33 heavy (non-hydrogen) atoms. The Bertz CT molecular complexity index is 1310. The number of benzene rings is 2. The van der Waals surface area contributed by atoms with E-state index in [0.29, 0.717) is 47.6 Å². The summed E-state index contributed by atoms with van der Waals surface area (Å²) in [5, 5.41) is 4.10. The number of furan rings is 1. The van der Waals surface area contributed by atoms with Crippen molar-refractivity contribution in [1.82, 2.24) is 4.83 Å². The summed E-state index contributed by atoms with van der Waals surface area (Å²) in [5.41, 5.74) is 2.74. The standard InChI is InChI=1S/C24H23FN2O5S/c1-3-16-7-11-18(12-8-16)31-24(28)23-15(2)22-20(5-4-6-21(22)32-23)26-27-33(29,30)19-13-9-17(25)10-14-19/h7-14,27H,3-6H2,1-2H3/b26-20+. The third kappa shape index (κ3) is 4.83. The van der Waals surface area contributed by atoms with Crippen molar-refractivity contribution in [2.45, 2.75) is 44.4 Å². The van der Waals surface area contributed by atoms with Gasteiger partial charge >= 0.3 is 5.97 Å². The van der Waals surface area contributed by atoms with Crippen molar-refractivity contribution < 1.29 is 26.8 Å². The number of hydrogen-bond donors (Lipinski definition) is 1. The van der Waals surface area contributed by atoms with Gasteiger partial charge in [0, 0.05) is 17.5 Å². The van der Waals surface area contributed by atoms with Gasteiger partial charge in [0.2, 0.25) is 5.76 Å². The molecule has 0 spiro atoms. The number of ether oxygens (including phenoxy) is 1. The fraction of sp³-hybridized carbons (Fsp3) is 0.250. The van der Waals surface area contributed by atoms with Gasteiger partial charge in [-0.2, -0.15) is 18.4 Å².